The van der Waals surface area contributed by atoms with Gasteiger partial charge >= 0.3 is 0 Å². The van der Waals surface area contributed by atoms with E-state index in [4.69, 9.17) is 0 Å². The number of rotatable bonds is 6. The number of aliphatic imine (C=N–C) groups is 1. The van der Waals surface area contributed by atoms with Crippen molar-refractivity contribution in [3.63, 3.8) is 0 Å². The molecular weight excluding hydrogens is 339 g/mol. The molecule has 1 saturated carbocycles. The molecule has 4 nitrogen and oxygen atoms in total. The van der Waals surface area contributed by atoms with Gasteiger partial charge in [0, 0.05) is 19.1 Å². The molecule has 0 saturated heterocycles. The van der Waals surface area contributed by atoms with Crippen LogP contribution in [0.4, 0.5) is 0 Å². The van der Waals surface area contributed by atoms with E-state index in [9.17, 15) is 0 Å². The summed E-state index contributed by atoms with van der Waals surface area (Å²) in [5.41, 5.74) is 0. The van der Waals surface area contributed by atoms with Gasteiger partial charge in [-0.1, -0.05) is 19.8 Å². The van der Waals surface area contributed by atoms with Crippen molar-refractivity contribution in [3.05, 3.63) is 0 Å². The molecule has 0 radical (unpaired) electrons. The van der Waals surface area contributed by atoms with Crippen LogP contribution in [0.2, 0.25) is 0 Å². The summed E-state index contributed by atoms with van der Waals surface area (Å²) in [5, 5.41) is 6.85. The molecule has 0 aromatic carbocycles. The minimum absolute atomic E-state index is 0. The SMILES string of the molecule is CCNC(=NCCN(C)CC)NC1CCCC1.I. The van der Waals surface area contributed by atoms with Gasteiger partial charge in [0.05, 0.1) is 6.54 Å². The van der Waals surface area contributed by atoms with Gasteiger partial charge in [0.25, 0.3) is 0 Å². The van der Waals surface area contributed by atoms with Crippen LogP contribution in [0.25, 0.3) is 0 Å². The van der Waals surface area contributed by atoms with Crippen molar-refractivity contribution in [1.82, 2.24) is 15.5 Å². The number of halogens is 1. The van der Waals surface area contributed by atoms with Crippen LogP contribution in [0, 0.1) is 0 Å². The highest BCUT2D eigenvalue weighted by Gasteiger charge is 2.15. The van der Waals surface area contributed by atoms with Gasteiger partial charge in [-0.3, -0.25) is 4.99 Å². The smallest absolute Gasteiger partial charge is 0.191 e. The zero-order valence-electron chi connectivity index (χ0n) is 12.0. The fraction of sp³-hybridized carbons (Fsp3) is 0.923. The lowest BCUT2D eigenvalue weighted by molar-refractivity contribution is 0.363. The van der Waals surface area contributed by atoms with E-state index >= 15 is 0 Å². The molecule has 0 amide bonds. The van der Waals surface area contributed by atoms with Crippen molar-refractivity contribution < 1.29 is 0 Å². The van der Waals surface area contributed by atoms with Crippen LogP contribution in [0.1, 0.15) is 39.5 Å². The fourth-order valence-electron chi connectivity index (χ4n) is 2.07. The van der Waals surface area contributed by atoms with Crippen molar-refractivity contribution >= 4 is 29.9 Å². The second-order valence-electron chi connectivity index (χ2n) is 4.78. The standard InChI is InChI=1S/C13H28N4.HI/c1-4-14-13(15-10-11-17(3)5-2)16-12-8-6-7-9-12;/h12H,4-11H2,1-3H3,(H2,14,15,16);1H. The van der Waals surface area contributed by atoms with E-state index < -0.39 is 0 Å². The Hall–Kier alpha value is -0.0400. The first-order chi connectivity index (χ1) is 8.26. The third-order valence-electron chi connectivity index (χ3n) is 3.33. The minimum atomic E-state index is 0. The number of nitrogens with zero attached hydrogens (tertiary/aromatic N) is 2. The molecule has 2 N–H and O–H groups in total. The summed E-state index contributed by atoms with van der Waals surface area (Å²) in [6.07, 6.45) is 5.30. The van der Waals surface area contributed by atoms with E-state index in [0.29, 0.717) is 6.04 Å². The van der Waals surface area contributed by atoms with Gasteiger partial charge in [0.2, 0.25) is 0 Å². The van der Waals surface area contributed by atoms with Crippen molar-refractivity contribution in [2.45, 2.75) is 45.6 Å². The molecule has 0 spiro atoms. The summed E-state index contributed by atoms with van der Waals surface area (Å²) in [6, 6.07) is 0.636. The molecule has 1 aliphatic carbocycles. The third kappa shape index (κ3) is 7.41. The summed E-state index contributed by atoms with van der Waals surface area (Å²) >= 11 is 0. The van der Waals surface area contributed by atoms with E-state index in [1.807, 2.05) is 0 Å². The molecule has 0 aromatic heterocycles. The second kappa shape index (κ2) is 10.8. The number of hydrogen-bond donors (Lipinski definition) is 2. The van der Waals surface area contributed by atoms with Crippen molar-refractivity contribution in [2.75, 3.05) is 33.2 Å². The average Bonchev–Trinajstić information content (AvgIpc) is 2.81. The van der Waals surface area contributed by atoms with Crippen LogP contribution >= 0.6 is 24.0 Å². The normalized spacial score (nSPS) is 16.8. The van der Waals surface area contributed by atoms with Crippen LogP contribution < -0.4 is 10.6 Å². The van der Waals surface area contributed by atoms with E-state index in [1.165, 1.54) is 25.7 Å². The number of guanidine groups is 1. The van der Waals surface area contributed by atoms with E-state index in [0.717, 1.165) is 32.1 Å². The van der Waals surface area contributed by atoms with Crippen LogP contribution in [0.15, 0.2) is 4.99 Å². The number of hydrogen-bond acceptors (Lipinski definition) is 2. The highest BCUT2D eigenvalue weighted by molar-refractivity contribution is 14.0. The summed E-state index contributed by atoms with van der Waals surface area (Å²) < 4.78 is 0. The molecule has 0 bridgehead atoms. The Morgan fingerprint density at radius 2 is 1.94 bits per heavy atom. The van der Waals surface area contributed by atoms with E-state index in [-0.39, 0.29) is 24.0 Å². The zero-order valence-corrected chi connectivity index (χ0v) is 14.4. The topological polar surface area (TPSA) is 39.7 Å². The summed E-state index contributed by atoms with van der Waals surface area (Å²) in [5.74, 6) is 0.990. The first-order valence-electron chi connectivity index (χ1n) is 6.99. The van der Waals surface area contributed by atoms with Crippen LogP contribution in [0.3, 0.4) is 0 Å². The van der Waals surface area contributed by atoms with Crippen molar-refractivity contribution in [2.24, 2.45) is 4.99 Å². The van der Waals surface area contributed by atoms with Gasteiger partial charge in [-0.25, -0.2) is 0 Å². The first-order valence-corrected chi connectivity index (χ1v) is 6.99. The summed E-state index contributed by atoms with van der Waals surface area (Å²) in [7, 11) is 2.13. The predicted molar refractivity (Wildman–Crippen MR) is 90.0 cm³/mol. The molecule has 0 heterocycles. The predicted octanol–water partition coefficient (Wildman–Crippen LogP) is 2.05. The van der Waals surface area contributed by atoms with Crippen molar-refractivity contribution in [1.29, 1.82) is 0 Å². The molecule has 18 heavy (non-hydrogen) atoms. The zero-order chi connectivity index (χ0) is 12.5. The van der Waals surface area contributed by atoms with Crippen LogP contribution in [-0.2, 0) is 0 Å². The maximum absolute atomic E-state index is 4.62. The van der Waals surface area contributed by atoms with Crippen molar-refractivity contribution in [3.8, 4) is 0 Å². The lowest BCUT2D eigenvalue weighted by atomic mass is 10.2. The van der Waals surface area contributed by atoms with Gasteiger partial charge in [0.1, 0.15) is 0 Å². The minimum Gasteiger partial charge on any atom is -0.357 e. The highest BCUT2D eigenvalue weighted by atomic mass is 127. The summed E-state index contributed by atoms with van der Waals surface area (Å²) in [4.78, 5) is 6.90. The lowest BCUT2D eigenvalue weighted by Gasteiger charge is -2.17. The quantitative estimate of drug-likeness (QED) is 0.428. The van der Waals surface area contributed by atoms with Gasteiger partial charge in [-0.15, -0.1) is 24.0 Å². The molecule has 0 unspecified atom stereocenters. The number of likely N-dealkylation sites (N-methyl/N-ethyl adjacent to an activating group) is 1. The Labute approximate surface area is 129 Å². The van der Waals surface area contributed by atoms with Gasteiger partial charge in [0.15, 0.2) is 5.96 Å². The Kier molecular flexibility index (Phi) is 10.8. The molecule has 0 atom stereocenters. The lowest BCUT2D eigenvalue weighted by Crippen LogP contribution is -2.42. The van der Waals surface area contributed by atoms with Crippen LogP contribution in [0.5, 0.6) is 0 Å². The molecule has 108 valence electrons. The Balaban J connectivity index is 0.00000289. The van der Waals surface area contributed by atoms with Gasteiger partial charge in [-0.05, 0) is 33.4 Å². The van der Waals surface area contributed by atoms with Crippen LogP contribution in [-0.4, -0.2) is 50.1 Å². The first kappa shape index (κ1) is 18.0. The largest absolute Gasteiger partial charge is 0.357 e. The molecule has 5 heteroatoms. The Morgan fingerprint density at radius 1 is 1.28 bits per heavy atom. The Morgan fingerprint density at radius 3 is 2.50 bits per heavy atom. The molecule has 0 aromatic rings. The second-order valence-corrected chi connectivity index (χ2v) is 4.78. The molecule has 0 aliphatic heterocycles. The molecular formula is C13H29IN4. The van der Waals surface area contributed by atoms with E-state index in [2.05, 4.69) is 41.4 Å². The molecule has 1 aliphatic rings. The summed E-state index contributed by atoms with van der Waals surface area (Å²) in [6.45, 7) is 8.20. The Bertz CT molecular complexity index is 227. The monoisotopic (exact) mass is 368 g/mol. The van der Waals surface area contributed by atoms with Gasteiger partial charge < -0.3 is 15.5 Å². The molecule has 1 rings (SSSR count). The van der Waals surface area contributed by atoms with E-state index in [1.54, 1.807) is 0 Å². The maximum atomic E-state index is 4.62. The highest BCUT2D eigenvalue weighted by Crippen LogP contribution is 2.17. The molecule has 1 fully saturated rings. The third-order valence-corrected chi connectivity index (χ3v) is 3.33. The van der Waals surface area contributed by atoms with Gasteiger partial charge in [-0.2, -0.15) is 0 Å². The average molecular weight is 368 g/mol. The fourth-order valence-corrected chi connectivity index (χ4v) is 2.07. The number of nitrogens with one attached hydrogen (secondary N) is 2. The maximum Gasteiger partial charge on any atom is 0.191 e.